The third-order valence-electron chi connectivity index (χ3n) is 9.54. The number of amides is 3. The molecule has 0 fully saturated rings. The van der Waals surface area contributed by atoms with E-state index in [-0.39, 0.29) is 63.6 Å². The van der Waals surface area contributed by atoms with Crippen molar-refractivity contribution < 1.29 is 24.0 Å². The summed E-state index contributed by atoms with van der Waals surface area (Å²) in [7, 11) is 0. The van der Waals surface area contributed by atoms with Crippen LogP contribution in [0, 0.1) is 0 Å². The second-order valence-corrected chi connectivity index (χ2v) is 13.5. The fourth-order valence-corrected chi connectivity index (χ4v) is 6.44. The van der Waals surface area contributed by atoms with Gasteiger partial charge < -0.3 is 31.5 Å². The maximum atomic E-state index is 14.4. The number of nitrogens with one attached hydrogen (secondary N) is 1. The lowest BCUT2D eigenvalue weighted by molar-refractivity contribution is -0.145. The molecule has 0 bridgehead atoms. The van der Waals surface area contributed by atoms with Gasteiger partial charge in [0.2, 0.25) is 23.5 Å². The molecule has 0 aliphatic heterocycles. The molecule has 0 aliphatic carbocycles. The number of carbonyl (C=O) groups is 5. The molecule has 0 spiro atoms. The van der Waals surface area contributed by atoms with Crippen LogP contribution in [0.1, 0.15) is 53.9 Å². The molecule has 55 heavy (non-hydrogen) atoms. The number of rotatable bonds is 23. The van der Waals surface area contributed by atoms with Crippen molar-refractivity contribution in [3.63, 3.8) is 0 Å². The molecule has 0 aliphatic rings. The van der Waals surface area contributed by atoms with Gasteiger partial charge in [-0.3, -0.25) is 24.0 Å². The quantitative estimate of drug-likeness (QED) is 0.0973. The van der Waals surface area contributed by atoms with Crippen LogP contribution in [0.3, 0.4) is 0 Å². The first kappa shape index (κ1) is 42.3. The van der Waals surface area contributed by atoms with Crippen LogP contribution in [-0.2, 0) is 24.0 Å². The molecule has 11 heteroatoms. The third kappa shape index (κ3) is 13.4. The molecule has 4 aromatic carbocycles. The highest BCUT2D eigenvalue weighted by Gasteiger charge is 2.29. The summed E-state index contributed by atoms with van der Waals surface area (Å²) in [5.74, 6) is -2.87. The van der Waals surface area contributed by atoms with Gasteiger partial charge in [0, 0.05) is 44.9 Å². The Labute approximate surface area is 324 Å². The number of hydrogen-bond acceptors (Lipinski definition) is 8. The first-order chi connectivity index (χ1) is 26.7. The largest absolute Gasteiger partial charge is 0.333 e. The standard InChI is InChI=1S/C44H54N6O5/c1-34(51)41(52)31-48(26-14-24-45)43(54)33-50(30-40(37-20-10-4-11-21-37)38-22-12-5-13-23-38)44(55)32-49(27-15-25-46)42(53)29-47-28-39(35-16-6-2-7-17-35)36-18-8-3-9-19-36/h2-13,16-23,39-40,47H,14-15,24-33,45-46H2,1H3. The average molecular weight is 747 g/mol. The van der Waals surface area contributed by atoms with Crippen LogP contribution in [0.4, 0.5) is 0 Å². The summed E-state index contributed by atoms with van der Waals surface area (Å²) in [4.78, 5) is 70.8. The second kappa shape index (κ2) is 22.7. The van der Waals surface area contributed by atoms with Crippen molar-refractivity contribution in [3.05, 3.63) is 144 Å². The maximum absolute atomic E-state index is 14.4. The van der Waals surface area contributed by atoms with Crippen LogP contribution in [-0.4, -0.2) is 109 Å². The van der Waals surface area contributed by atoms with Gasteiger partial charge in [-0.1, -0.05) is 121 Å². The minimum absolute atomic E-state index is 0.000773. The molecular weight excluding hydrogens is 693 g/mol. The van der Waals surface area contributed by atoms with E-state index in [1.165, 1.54) is 21.6 Å². The molecule has 5 N–H and O–H groups in total. The number of carbonyl (C=O) groups excluding carboxylic acids is 5. The predicted molar refractivity (Wildman–Crippen MR) is 215 cm³/mol. The first-order valence-electron chi connectivity index (χ1n) is 18.9. The fourth-order valence-electron chi connectivity index (χ4n) is 6.44. The second-order valence-electron chi connectivity index (χ2n) is 13.5. The van der Waals surface area contributed by atoms with E-state index >= 15 is 0 Å². The molecule has 0 unspecified atom stereocenters. The Bertz CT molecular complexity index is 1710. The summed E-state index contributed by atoms with van der Waals surface area (Å²) in [6, 6.07) is 39.6. The minimum atomic E-state index is -0.706. The third-order valence-corrected chi connectivity index (χ3v) is 9.54. The van der Waals surface area contributed by atoms with Crippen molar-refractivity contribution in [2.45, 2.75) is 31.6 Å². The lowest BCUT2D eigenvalue weighted by atomic mass is 9.90. The van der Waals surface area contributed by atoms with Crippen molar-refractivity contribution in [3.8, 4) is 0 Å². The van der Waals surface area contributed by atoms with Crippen LogP contribution in [0.25, 0.3) is 0 Å². The highest BCUT2D eigenvalue weighted by molar-refractivity contribution is 6.37. The number of Topliss-reactive ketones (excluding diaryl/α,β-unsaturated/α-hetero) is 2. The minimum Gasteiger partial charge on any atom is -0.333 e. The van der Waals surface area contributed by atoms with Crippen molar-refractivity contribution in [2.24, 2.45) is 11.5 Å². The van der Waals surface area contributed by atoms with Gasteiger partial charge in [-0.15, -0.1) is 0 Å². The van der Waals surface area contributed by atoms with Crippen LogP contribution >= 0.6 is 0 Å². The fraction of sp³-hybridized carbons (Fsp3) is 0.341. The Morgan fingerprint density at radius 1 is 0.527 bits per heavy atom. The topological polar surface area (TPSA) is 159 Å². The van der Waals surface area contributed by atoms with Gasteiger partial charge in [0.25, 0.3) is 0 Å². The molecule has 4 aromatic rings. The van der Waals surface area contributed by atoms with E-state index in [0.717, 1.165) is 22.3 Å². The Kier molecular flexibility index (Phi) is 17.4. The molecule has 0 heterocycles. The Morgan fingerprint density at radius 3 is 1.33 bits per heavy atom. The molecule has 0 aromatic heterocycles. The van der Waals surface area contributed by atoms with Crippen molar-refractivity contribution in [2.75, 3.05) is 65.4 Å². The molecule has 4 rings (SSSR count). The van der Waals surface area contributed by atoms with Crippen molar-refractivity contribution in [1.82, 2.24) is 20.0 Å². The van der Waals surface area contributed by atoms with E-state index in [2.05, 4.69) is 29.6 Å². The molecule has 0 saturated carbocycles. The molecule has 11 nitrogen and oxygen atoms in total. The van der Waals surface area contributed by atoms with Gasteiger partial charge in [-0.2, -0.15) is 0 Å². The molecule has 3 amide bonds. The monoisotopic (exact) mass is 746 g/mol. The molecule has 0 atom stereocenters. The number of nitrogens with two attached hydrogens (primary N) is 2. The van der Waals surface area contributed by atoms with Crippen LogP contribution in [0.5, 0.6) is 0 Å². The van der Waals surface area contributed by atoms with Gasteiger partial charge in [-0.25, -0.2) is 0 Å². The van der Waals surface area contributed by atoms with Gasteiger partial charge in [0.05, 0.1) is 26.2 Å². The summed E-state index contributed by atoms with van der Waals surface area (Å²) >= 11 is 0. The number of benzene rings is 4. The highest BCUT2D eigenvalue weighted by atomic mass is 16.2. The summed E-state index contributed by atoms with van der Waals surface area (Å²) in [6.07, 6.45) is 0.885. The van der Waals surface area contributed by atoms with E-state index < -0.39 is 29.9 Å². The van der Waals surface area contributed by atoms with Gasteiger partial charge >= 0.3 is 0 Å². The lowest BCUT2D eigenvalue weighted by Gasteiger charge is -2.32. The van der Waals surface area contributed by atoms with Gasteiger partial charge in [0.1, 0.15) is 0 Å². The zero-order valence-corrected chi connectivity index (χ0v) is 31.7. The van der Waals surface area contributed by atoms with Crippen molar-refractivity contribution in [1.29, 1.82) is 0 Å². The Balaban J connectivity index is 1.58. The lowest BCUT2D eigenvalue weighted by Crippen LogP contribution is -2.51. The van der Waals surface area contributed by atoms with Crippen LogP contribution in [0.2, 0.25) is 0 Å². The molecule has 290 valence electrons. The highest BCUT2D eigenvalue weighted by Crippen LogP contribution is 2.26. The Morgan fingerprint density at radius 2 is 0.909 bits per heavy atom. The summed E-state index contributed by atoms with van der Waals surface area (Å²) in [5.41, 5.74) is 15.7. The number of nitrogens with zero attached hydrogens (tertiary/aromatic N) is 3. The number of ketones is 2. The average Bonchev–Trinajstić information content (AvgIpc) is 3.22. The Hall–Kier alpha value is -5.49. The molecular formula is C44H54N6O5. The maximum Gasteiger partial charge on any atom is 0.242 e. The summed E-state index contributed by atoms with van der Waals surface area (Å²) < 4.78 is 0. The van der Waals surface area contributed by atoms with Gasteiger partial charge in [-0.05, 0) is 48.2 Å². The smallest absolute Gasteiger partial charge is 0.242 e. The molecule has 0 radical (unpaired) electrons. The van der Waals surface area contributed by atoms with Gasteiger partial charge in [0.15, 0.2) is 5.78 Å². The molecule has 0 saturated heterocycles. The number of hydrogen-bond donors (Lipinski definition) is 3. The zero-order chi connectivity index (χ0) is 39.4. The van der Waals surface area contributed by atoms with E-state index in [0.29, 0.717) is 25.9 Å². The predicted octanol–water partition coefficient (Wildman–Crippen LogP) is 3.58. The summed E-state index contributed by atoms with van der Waals surface area (Å²) in [5, 5.41) is 3.33. The van der Waals surface area contributed by atoms with E-state index in [9.17, 15) is 24.0 Å². The van der Waals surface area contributed by atoms with E-state index in [1.807, 2.05) is 97.1 Å². The van der Waals surface area contributed by atoms with Crippen molar-refractivity contribution >= 4 is 29.3 Å². The van der Waals surface area contributed by atoms with Crippen LogP contribution in [0.15, 0.2) is 121 Å². The SMILES string of the molecule is CC(=O)C(=O)CN(CCCN)C(=O)CN(CC(c1ccccc1)c1ccccc1)C(=O)CN(CCCN)C(=O)CNCC(c1ccccc1)c1ccccc1. The van der Waals surface area contributed by atoms with E-state index in [4.69, 9.17) is 11.5 Å². The van der Waals surface area contributed by atoms with Crippen LogP contribution < -0.4 is 16.8 Å². The normalized spacial score (nSPS) is 11.0. The van der Waals surface area contributed by atoms with E-state index in [1.54, 1.807) is 0 Å². The first-order valence-corrected chi connectivity index (χ1v) is 18.9. The zero-order valence-electron chi connectivity index (χ0n) is 31.7. The summed E-state index contributed by atoms with van der Waals surface area (Å²) in [6.45, 7) is 1.72.